The molecule has 23 heavy (non-hydrogen) atoms. The molecular weight excluding hydrogens is 315 g/mol. The van der Waals surface area contributed by atoms with Crippen LogP contribution < -0.4 is 4.90 Å². The largest absolute Gasteiger partial charge is 0.369 e. The van der Waals surface area contributed by atoms with E-state index < -0.39 is 0 Å². The van der Waals surface area contributed by atoms with Gasteiger partial charge in [-0.15, -0.1) is 0 Å². The van der Waals surface area contributed by atoms with Crippen molar-refractivity contribution in [3.8, 4) is 11.3 Å². The van der Waals surface area contributed by atoms with Gasteiger partial charge >= 0.3 is 0 Å². The fourth-order valence-electron chi connectivity index (χ4n) is 3.19. The summed E-state index contributed by atoms with van der Waals surface area (Å²) in [5, 5.41) is 0.173. The Labute approximate surface area is 139 Å². The monoisotopic (exact) mass is 332 g/mol. The predicted molar refractivity (Wildman–Crippen MR) is 89.2 cm³/mol. The van der Waals surface area contributed by atoms with Crippen LogP contribution in [0.2, 0.25) is 5.28 Å². The molecule has 4 nitrogen and oxygen atoms in total. The molecule has 1 aromatic carbocycles. The van der Waals surface area contributed by atoms with Crippen LogP contribution in [0.15, 0.2) is 30.5 Å². The van der Waals surface area contributed by atoms with Gasteiger partial charge in [0.15, 0.2) is 0 Å². The molecule has 0 amide bonds. The van der Waals surface area contributed by atoms with Gasteiger partial charge in [0.05, 0.1) is 5.69 Å². The van der Waals surface area contributed by atoms with Gasteiger partial charge in [-0.1, -0.05) is 0 Å². The van der Waals surface area contributed by atoms with E-state index in [-0.39, 0.29) is 11.1 Å². The molecule has 1 aromatic heterocycles. The number of halogens is 2. The van der Waals surface area contributed by atoms with Crippen LogP contribution in [0.25, 0.3) is 11.3 Å². The zero-order valence-electron chi connectivity index (χ0n) is 12.8. The summed E-state index contributed by atoms with van der Waals surface area (Å²) >= 11 is 5.84. The van der Waals surface area contributed by atoms with Crippen molar-refractivity contribution in [3.05, 3.63) is 41.6 Å². The van der Waals surface area contributed by atoms with Gasteiger partial charge in [0.2, 0.25) is 5.28 Å². The molecule has 0 bridgehead atoms. The van der Waals surface area contributed by atoms with Crippen LogP contribution >= 0.6 is 11.6 Å². The molecule has 1 saturated carbocycles. The quantitative estimate of drug-likeness (QED) is 0.808. The molecule has 0 atom stereocenters. The smallest absolute Gasteiger partial charge is 0.222 e. The van der Waals surface area contributed by atoms with Crippen LogP contribution in [0.3, 0.4) is 0 Å². The summed E-state index contributed by atoms with van der Waals surface area (Å²) in [5.41, 5.74) is 2.28. The third-order valence-electron chi connectivity index (χ3n) is 4.55. The number of benzene rings is 1. The van der Waals surface area contributed by atoms with Crippen LogP contribution in [0.5, 0.6) is 0 Å². The summed E-state index contributed by atoms with van der Waals surface area (Å²) < 4.78 is 14.1. The van der Waals surface area contributed by atoms with E-state index in [1.807, 2.05) is 6.07 Å². The second-order valence-electron chi connectivity index (χ2n) is 6.16. The molecule has 0 N–H and O–H groups in total. The van der Waals surface area contributed by atoms with E-state index in [0.29, 0.717) is 5.69 Å². The zero-order chi connectivity index (χ0) is 15.8. The Morgan fingerprint density at radius 1 is 1.09 bits per heavy atom. The van der Waals surface area contributed by atoms with Gasteiger partial charge < -0.3 is 4.90 Å². The molecule has 0 radical (unpaired) electrons. The normalized spacial score (nSPS) is 19.1. The lowest BCUT2D eigenvalue weighted by atomic mass is 10.1. The van der Waals surface area contributed by atoms with E-state index >= 15 is 0 Å². The maximum atomic E-state index is 14.1. The van der Waals surface area contributed by atoms with Crippen molar-refractivity contribution in [2.75, 3.05) is 31.1 Å². The molecule has 0 spiro atoms. The molecule has 1 saturated heterocycles. The molecule has 1 aliphatic carbocycles. The van der Waals surface area contributed by atoms with Crippen LogP contribution in [-0.4, -0.2) is 47.1 Å². The first kappa shape index (κ1) is 14.8. The fourth-order valence-corrected chi connectivity index (χ4v) is 3.33. The number of anilines is 1. The number of hydrogen-bond donors (Lipinski definition) is 0. The molecule has 2 heterocycles. The predicted octanol–water partition coefficient (Wildman–Crippen LogP) is 3.22. The van der Waals surface area contributed by atoms with Crippen molar-refractivity contribution in [2.45, 2.75) is 18.9 Å². The third kappa shape index (κ3) is 3.31. The fraction of sp³-hybridized carbons (Fsp3) is 0.412. The average molecular weight is 333 g/mol. The Balaban J connectivity index is 1.57. The van der Waals surface area contributed by atoms with Gasteiger partial charge in [0.25, 0.3) is 0 Å². The number of aromatic nitrogens is 2. The van der Waals surface area contributed by atoms with Crippen molar-refractivity contribution in [1.82, 2.24) is 14.9 Å². The summed E-state index contributed by atoms with van der Waals surface area (Å²) in [7, 11) is 0. The first-order valence-electron chi connectivity index (χ1n) is 7.97. The third-order valence-corrected chi connectivity index (χ3v) is 4.73. The van der Waals surface area contributed by atoms with Crippen molar-refractivity contribution < 1.29 is 4.39 Å². The number of nitrogens with zero attached hydrogens (tertiary/aromatic N) is 4. The summed E-state index contributed by atoms with van der Waals surface area (Å²) in [6.45, 7) is 3.97. The van der Waals surface area contributed by atoms with Crippen LogP contribution in [0.4, 0.5) is 10.1 Å². The highest BCUT2D eigenvalue weighted by Crippen LogP contribution is 2.30. The van der Waals surface area contributed by atoms with Gasteiger partial charge in [0.1, 0.15) is 5.82 Å². The lowest BCUT2D eigenvalue weighted by Crippen LogP contribution is -2.47. The molecule has 2 aromatic rings. The van der Waals surface area contributed by atoms with Gasteiger partial charge in [-0.2, -0.15) is 0 Å². The molecule has 2 fully saturated rings. The van der Waals surface area contributed by atoms with Crippen molar-refractivity contribution in [2.24, 2.45) is 0 Å². The summed E-state index contributed by atoms with van der Waals surface area (Å²) in [6, 6.07) is 7.61. The first-order chi connectivity index (χ1) is 11.2. The highest BCUT2D eigenvalue weighted by atomic mass is 35.5. The first-order valence-corrected chi connectivity index (χ1v) is 8.35. The SMILES string of the molecule is Fc1cc(-c2ccnc(Cl)n2)cc(N2CCN(C3CC3)CC2)c1. The molecule has 120 valence electrons. The highest BCUT2D eigenvalue weighted by Gasteiger charge is 2.31. The summed E-state index contributed by atoms with van der Waals surface area (Å²) in [5.74, 6) is -0.253. The van der Waals surface area contributed by atoms with E-state index in [1.165, 1.54) is 18.9 Å². The van der Waals surface area contributed by atoms with E-state index in [2.05, 4.69) is 19.8 Å². The Hall–Kier alpha value is -1.72. The highest BCUT2D eigenvalue weighted by molar-refractivity contribution is 6.28. The van der Waals surface area contributed by atoms with Crippen LogP contribution in [0.1, 0.15) is 12.8 Å². The maximum Gasteiger partial charge on any atom is 0.222 e. The lowest BCUT2D eigenvalue weighted by molar-refractivity contribution is 0.248. The summed E-state index contributed by atoms with van der Waals surface area (Å²) in [6.07, 6.45) is 4.25. The molecule has 6 heteroatoms. The van der Waals surface area contributed by atoms with Gasteiger partial charge in [-0.25, -0.2) is 14.4 Å². The number of piperazine rings is 1. The van der Waals surface area contributed by atoms with Gasteiger partial charge in [-0.3, -0.25) is 4.90 Å². The minimum Gasteiger partial charge on any atom is -0.369 e. The number of rotatable bonds is 3. The Morgan fingerprint density at radius 2 is 1.87 bits per heavy atom. The zero-order valence-corrected chi connectivity index (χ0v) is 13.5. The van der Waals surface area contributed by atoms with Crippen LogP contribution in [-0.2, 0) is 0 Å². The van der Waals surface area contributed by atoms with E-state index in [0.717, 1.165) is 43.5 Å². The minimum absolute atomic E-state index is 0.173. The van der Waals surface area contributed by atoms with Crippen LogP contribution in [0, 0.1) is 5.82 Å². The van der Waals surface area contributed by atoms with E-state index in [1.54, 1.807) is 18.3 Å². The van der Waals surface area contributed by atoms with E-state index in [9.17, 15) is 4.39 Å². The molecule has 2 aliphatic rings. The molecule has 4 rings (SSSR count). The topological polar surface area (TPSA) is 32.3 Å². The van der Waals surface area contributed by atoms with Crippen molar-refractivity contribution in [3.63, 3.8) is 0 Å². The lowest BCUT2D eigenvalue weighted by Gasteiger charge is -2.36. The number of hydrogen-bond acceptors (Lipinski definition) is 4. The molecular formula is C17H18ClFN4. The molecule has 0 unspecified atom stereocenters. The van der Waals surface area contributed by atoms with Crippen molar-refractivity contribution in [1.29, 1.82) is 0 Å². The minimum atomic E-state index is -0.253. The average Bonchev–Trinajstić information content (AvgIpc) is 3.39. The standard InChI is InChI=1S/C17H18ClFN4/c18-17-20-4-3-16(21-17)12-9-13(19)11-15(10-12)23-7-5-22(6-8-23)14-1-2-14/h3-4,9-11,14H,1-2,5-8H2. The van der Waals surface area contributed by atoms with E-state index in [4.69, 9.17) is 11.6 Å². The molecule has 1 aliphatic heterocycles. The maximum absolute atomic E-state index is 14.1. The second-order valence-corrected chi connectivity index (χ2v) is 6.50. The van der Waals surface area contributed by atoms with Gasteiger partial charge in [-0.05, 0) is 48.7 Å². The van der Waals surface area contributed by atoms with Gasteiger partial charge in [0, 0.05) is 49.7 Å². The Kier molecular flexibility index (Phi) is 3.91. The second kappa shape index (κ2) is 6.06. The summed E-state index contributed by atoms with van der Waals surface area (Å²) in [4.78, 5) is 12.8. The Bertz CT molecular complexity index is 711. The van der Waals surface area contributed by atoms with Crippen molar-refractivity contribution >= 4 is 17.3 Å². The Morgan fingerprint density at radius 3 is 2.57 bits per heavy atom.